The molecule has 2 aromatic carbocycles. The van der Waals surface area contributed by atoms with E-state index in [1.54, 1.807) is 12.1 Å². The molecule has 0 unspecified atom stereocenters. The Morgan fingerprint density at radius 2 is 1.73 bits per heavy atom. The van der Waals surface area contributed by atoms with Gasteiger partial charge in [-0.15, -0.1) is 0 Å². The molecule has 2 aromatic rings. The predicted octanol–water partition coefficient (Wildman–Crippen LogP) is 3.20. The lowest BCUT2D eigenvalue weighted by Crippen LogP contribution is -2.48. The number of rotatable bonds is 5. The standard InChI is InChI=1S/C21H26FN3O/c1-16-6-7-20(12-17(16)2)23-21(26)15-25-10-8-24(9-11-25)14-18-4-3-5-19(22)13-18/h3-7,12-13H,8-11,14-15H2,1-2H3,(H,23,26). The minimum absolute atomic E-state index is 0.0202. The van der Waals surface area contributed by atoms with E-state index in [0.29, 0.717) is 6.54 Å². The highest BCUT2D eigenvalue weighted by Crippen LogP contribution is 2.14. The van der Waals surface area contributed by atoms with Crippen LogP contribution in [0.25, 0.3) is 0 Å². The zero-order chi connectivity index (χ0) is 18.5. The fourth-order valence-electron chi connectivity index (χ4n) is 3.22. The quantitative estimate of drug-likeness (QED) is 0.895. The monoisotopic (exact) mass is 355 g/mol. The van der Waals surface area contributed by atoms with Crippen LogP contribution < -0.4 is 5.32 Å². The van der Waals surface area contributed by atoms with Crippen molar-refractivity contribution in [3.05, 3.63) is 65.0 Å². The van der Waals surface area contributed by atoms with Gasteiger partial charge < -0.3 is 5.32 Å². The number of nitrogens with one attached hydrogen (secondary N) is 1. The van der Waals surface area contributed by atoms with E-state index in [-0.39, 0.29) is 11.7 Å². The Hall–Kier alpha value is -2.24. The van der Waals surface area contributed by atoms with Crippen LogP contribution in [0.1, 0.15) is 16.7 Å². The van der Waals surface area contributed by atoms with Crippen molar-refractivity contribution >= 4 is 11.6 Å². The average molecular weight is 355 g/mol. The van der Waals surface area contributed by atoms with Gasteiger partial charge in [0.25, 0.3) is 0 Å². The summed E-state index contributed by atoms with van der Waals surface area (Å²) in [5.74, 6) is -0.170. The van der Waals surface area contributed by atoms with Crippen LogP contribution >= 0.6 is 0 Å². The maximum Gasteiger partial charge on any atom is 0.238 e. The predicted molar refractivity (Wildman–Crippen MR) is 103 cm³/mol. The van der Waals surface area contributed by atoms with Crippen LogP contribution in [0.5, 0.6) is 0 Å². The molecule has 4 nitrogen and oxygen atoms in total. The van der Waals surface area contributed by atoms with Crippen LogP contribution in [0, 0.1) is 19.7 Å². The van der Waals surface area contributed by atoms with Gasteiger partial charge in [0, 0.05) is 38.4 Å². The number of nitrogens with zero attached hydrogens (tertiary/aromatic N) is 2. The fraction of sp³-hybridized carbons (Fsp3) is 0.381. The Labute approximate surface area is 154 Å². The number of aryl methyl sites for hydroxylation is 2. The van der Waals surface area contributed by atoms with Crippen LogP contribution in [-0.4, -0.2) is 48.4 Å². The van der Waals surface area contributed by atoms with Crippen molar-refractivity contribution in [2.24, 2.45) is 0 Å². The Morgan fingerprint density at radius 3 is 2.42 bits per heavy atom. The second-order valence-corrected chi connectivity index (χ2v) is 7.03. The van der Waals surface area contributed by atoms with Gasteiger partial charge in [-0.1, -0.05) is 18.2 Å². The highest BCUT2D eigenvalue weighted by Gasteiger charge is 2.19. The lowest BCUT2D eigenvalue weighted by atomic mass is 10.1. The molecule has 0 aromatic heterocycles. The third kappa shape index (κ3) is 5.13. The zero-order valence-electron chi connectivity index (χ0n) is 15.5. The van der Waals surface area contributed by atoms with E-state index in [1.807, 2.05) is 31.2 Å². The van der Waals surface area contributed by atoms with Crippen LogP contribution in [0.15, 0.2) is 42.5 Å². The summed E-state index contributed by atoms with van der Waals surface area (Å²) >= 11 is 0. The second kappa shape index (κ2) is 8.43. The number of benzene rings is 2. The summed E-state index contributed by atoms with van der Waals surface area (Å²) in [5.41, 5.74) is 4.24. The molecule has 0 aliphatic carbocycles. The Kier molecular flexibility index (Phi) is 6.01. The van der Waals surface area contributed by atoms with E-state index >= 15 is 0 Å². The maximum absolute atomic E-state index is 13.3. The molecule has 1 aliphatic heterocycles. The Balaban J connectivity index is 1.44. The molecule has 138 valence electrons. The van der Waals surface area contributed by atoms with Gasteiger partial charge in [-0.3, -0.25) is 14.6 Å². The number of carbonyl (C=O) groups is 1. The van der Waals surface area contributed by atoms with Crippen molar-refractivity contribution in [1.82, 2.24) is 9.80 Å². The summed E-state index contributed by atoms with van der Waals surface area (Å²) in [7, 11) is 0. The number of hydrogen-bond acceptors (Lipinski definition) is 3. The molecule has 0 spiro atoms. The molecule has 1 fully saturated rings. The lowest BCUT2D eigenvalue weighted by Gasteiger charge is -2.34. The molecule has 5 heteroatoms. The van der Waals surface area contributed by atoms with Crippen LogP contribution in [-0.2, 0) is 11.3 Å². The summed E-state index contributed by atoms with van der Waals surface area (Å²) in [5, 5.41) is 2.98. The molecule has 1 aliphatic rings. The molecule has 26 heavy (non-hydrogen) atoms. The number of anilines is 1. The molecule has 1 amide bonds. The van der Waals surface area contributed by atoms with E-state index in [4.69, 9.17) is 0 Å². The van der Waals surface area contributed by atoms with E-state index in [2.05, 4.69) is 22.0 Å². The number of hydrogen-bond donors (Lipinski definition) is 1. The number of piperazine rings is 1. The van der Waals surface area contributed by atoms with E-state index in [9.17, 15) is 9.18 Å². The number of halogens is 1. The van der Waals surface area contributed by atoms with Crippen molar-refractivity contribution < 1.29 is 9.18 Å². The minimum Gasteiger partial charge on any atom is -0.325 e. The molecular weight excluding hydrogens is 329 g/mol. The topological polar surface area (TPSA) is 35.6 Å². The number of amides is 1. The zero-order valence-corrected chi connectivity index (χ0v) is 15.5. The summed E-state index contributed by atoms with van der Waals surface area (Å²) in [6, 6.07) is 12.7. The van der Waals surface area contributed by atoms with Gasteiger partial charge in [0.2, 0.25) is 5.91 Å². The van der Waals surface area contributed by atoms with Crippen molar-refractivity contribution in [2.75, 3.05) is 38.0 Å². The lowest BCUT2D eigenvalue weighted by molar-refractivity contribution is -0.117. The first-order valence-corrected chi connectivity index (χ1v) is 9.06. The van der Waals surface area contributed by atoms with Crippen molar-refractivity contribution in [1.29, 1.82) is 0 Å². The summed E-state index contributed by atoms with van der Waals surface area (Å²) < 4.78 is 13.3. The van der Waals surface area contributed by atoms with Crippen molar-refractivity contribution in [3.8, 4) is 0 Å². The molecular formula is C21H26FN3O. The van der Waals surface area contributed by atoms with Gasteiger partial charge in [0.15, 0.2) is 0 Å². The van der Waals surface area contributed by atoms with Gasteiger partial charge in [0.05, 0.1) is 6.54 Å². The largest absolute Gasteiger partial charge is 0.325 e. The second-order valence-electron chi connectivity index (χ2n) is 7.03. The summed E-state index contributed by atoms with van der Waals surface area (Å²) in [6.07, 6.45) is 0. The van der Waals surface area contributed by atoms with Crippen molar-refractivity contribution in [3.63, 3.8) is 0 Å². The van der Waals surface area contributed by atoms with Crippen molar-refractivity contribution in [2.45, 2.75) is 20.4 Å². The van der Waals surface area contributed by atoms with Crippen LogP contribution in [0.4, 0.5) is 10.1 Å². The molecule has 0 saturated carbocycles. The first-order chi connectivity index (χ1) is 12.5. The van der Waals surface area contributed by atoms with E-state index < -0.39 is 0 Å². The smallest absolute Gasteiger partial charge is 0.238 e. The fourth-order valence-corrected chi connectivity index (χ4v) is 3.22. The molecule has 0 radical (unpaired) electrons. The van der Waals surface area contributed by atoms with Gasteiger partial charge in [-0.05, 0) is 54.8 Å². The van der Waals surface area contributed by atoms with Gasteiger partial charge in [0.1, 0.15) is 5.82 Å². The van der Waals surface area contributed by atoms with Gasteiger partial charge >= 0.3 is 0 Å². The average Bonchev–Trinajstić information content (AvgIpc) is 2.60. The normalized spacial score (nSPS) is 15.8. The summed E-state index contributed by atoms with van der Waals surface area (Å²) in [6.45, 7) is 8.71. The van der Waals surface area contributed by atoms with Gasteiger partial charge in [-0.25, -0.2) is 4.39 Å². The van der Waals surface area contributed by atoms with Crippen LogP contribution in [0.2, 0.25) is 0 Å². The SMILES string of the molecule is Cc1ccc(NC(=O)CN2CCN(Cc3cccc(F)c3)CC2)cc1C. The molecule has 3 rings (SSSR count). The molecule has 0 bridgehead atoms. The first-order valence-electron chi connectivity index (χ1n) is 9.06. The molecule has 1 N–H and O–H groups in total. The third-order valence-corrected chi connectivity index (χ3v) is 4.92. The third-order valence-electron chi connectivity index (χ3n) is 4.92. The number of carbonyl (C=O) groups excluding carboxylic acids is 1. The highest BCUT2D eigenvalue weighted by molar-refractivity contribution is 5.92. The van der Waals surface area contributed by atoms with Crippen LogP contribution in [0.3, 0.4) is 0 Å². The Bertz CT molecular complexity index is 770. The molecule has 0 atom stereocenters. The molecule has 1 saturated heterocycles. The first kappa shape index (κ1) is 18.5. The van der Waals surface area contributed by atoms with E-state index in [1.165, 1.54) is 17.2 Å². The minimum atomic E-state index is -0.191. The summed E-state index contributed by atoms with van der Waals surface area (Å²) in [4.78, 5) is 16.7. The maximum atomic E-state index is 13.3. The van der Waals surface area contributed by atoms with Gasteiger partial charge in [-0.2, -0.15) is 0 Å². The van der Waals surface area contributed by atoms with E-state index in [0.717, 1.165) is 44.0 Å². The highest BCUT2D eigenvalue weighted by atomic mass is 19.1. The molecule has 1 heterocycles. The Morgan fingerprint density at radius 1 is 1.00 bits per heavy atom.